The van der Waals surface area contributed by atoms with Gasteiger partial charge in [-0.1, -0.05) is 50.2 Å². The van der Waals surface area contributed by atoms with Gasteiger partial charge < -0.3 is 24.3 Å². The van der Waals surface area contributed by atoms with Crippen LogP contribution in [0.5, 0.6) is 6.01 Å². The zero-order chi connectivity index (χ0) is 33.3. The van der Waals surface area contributed by atoms with E-state index in [0.29, 0.717) is 50.4 Å². The van der Waals surface area contributed by atoms with E-state index in [2.05, 4.69) is 41.2 Å². The van der Waals surface area contributed by atoms with Gasteiger partial charge in [0.25, 0.3) is 5.91 Å². The van der Waals surface area contributed by atoms with Gasteiger partial charge in [0.15, 0.2) is 5.83 Å². The molecule has 1 saturated heterocycles. The molecular formula is C35H40ClF2N7O2. The molecule has 1 saturated carbocycles. The lowest BCUT2D eigenvalue weighted by Gasteiger charge is -2.42. The summed E-state index contributed by atoms with van der Waals surface area (Å²) in [5, 5.41) is 11.1. The number of rotatable bonds is 11. The van der Waals surface area contributed by atoms with Crippen LogP contribution in [0.1, 0.15) is 44.4 Å². The Hall–Kier alpha value is -4.01. The predicted octanol–water partition coefficient (Wildman–Crippen LogP) is 5.90. The van der Waals surface area contributed by atoms with Gasteiger partial charge in [0.1, 0.15) is 11.6 Å². The molecule has 248 valence electrons. The van der Waals surface area contributed by atoms with Crippen LogP contribution >= 0.6 is 11.6 Å². The molecule has 1 aromatic heterocycles. The molecule has 6 rings (SSSR count). The summed E-state index contributed by atoms with van der Waals surface area (Å²) in [6.07, 6.45) is 2.81. The third-order valence-corrected chi connectivity index (χ3v) is 10.2. The van der Waals surface area contributed by atoms with Crippen molar-refractivity contribution >= 4 is 39.8 Å². The summed E-state index contributed by atoms with van der Waals surface area (Å²) in [6, 6.07) is 10.8. The second-order valence-corrected chi connectivity index (χ2v) is 13.2. The average Bonchev–Trinajstić information content (AvgIpc) is 3.86. The highest BCUT2D eigenvalue weighted by atomic mass is 35.5. The first-order chi connectivity index (χ1) is 22.7. The minimum Gasteiger partial charge on any atom is -0.463 e. The van der Waals surface area contributed by atoms with E-state index in [4.69, 9.17) is 26.3 Å². The van der Waals surface area contributed by atoms with Crippen molar-refractivity contribution in [1.82, 2.24) is 19.8 Å². The van der Waals surface area contributed by atoms with Crippen molar-refractivity contribution in [3.05, 3.63) is 64.8 Å². The fourth-order valence-corrected chi connectivity index (χ4v) is 7.16. The topological polar surface area (TPSA) is 88.8 Å². The van der Waals surface area contributed by atoms with E-state index in [1.54, 1.807) is 6.07 Å². The number of halogens is 3. The maximum atomic E-state index is 14.6. The molecule has 0 spiro atoms. The molecule has 0 radical (unpaired) electrons. The number of hydrogen-bond donors (Lipinski definition) is 0. The highest BCUT2D eigenvalue weighted by molar-refractivity contribution is 6.36. The minimum absolute atomic E-state index is 0.0478. The van der Waals surface area contributed by atoms with Crippen LogP contribution in [0.15, 0.2) is 42.7 Å². The Balaban J connectivity index is 1.34. The molecule has 3 heterocycles. The number of aromatic nitrogens is 2. The van der Waals surface area contributed by atoms with Crippen LogP contribution in [0.2, 0.25) is 5.02 Å². The Bertz CT molecular complexity index is 1720. The lowest BCUT2D eigenvalue weighted by Crippen LogP contribution is -2.55. The summed E-state index contributed by atoms with van der Waals surface area (Å²) >= 11 is 6.51. The van der Waals surface area contributed by atoms with Gasteiger partial charge >= 0.3 is 6.01 Å². The van der Waals surface area contributed by atoms with Crippen LogP contribution < -0.4 is 14.5 Å². The molecule has 2 fully saturated rings. The Morgan fingerprint density at radius 2 is 1.96 bits per heavy atom. The molecule has 9 nitrogen and oxygen atoms in total. The van der Waals surface area contributed by atoms with Gasteiger partial charge in [-0.25, -0.2) is 8.78 Å². The van der Waals surface area contributed by atoms with E-state index in [-0.39, 0.29) is 29.4 Å². The number of fused-ring (bicyclic) bond motifs is 2. The lowest BCUT2D eigenvalue weighted by molar-refractivity contribution is -0.131. The van der Waals surface area contributed by atoms with Gasteiger partial charge in [0.2, 0.25) is 0 Å². The Morgan fingerprint density at radius 1 is 1.17 bits per heavy atom. The summed E-state index contributed by atoms with van der Waals surface area (Å²) < 4.78 is 34.9. The number of carbonyl (C=O) groups is 1. The van der Waals surface area contributed by atoms with E-state index < -0.39 is 23.6 Å². The predicted molar refractivity (Wildman–Crippen MR) is 179 cm³/mol. The standard InChI is InChI=1S/C35H40ClF2N7O2/c1-4-42(5-2)21-35(13-14-35)22-47-34-40-28-20-43(29-8-6-7-24-9-10-27(38)31(36)30(24)29)16-12-26(28)32(41-34)44-17-18-45(33(46)23(3)37)25(19-44)11-15-39/h6-10,25H,3-5,11-14,16-22H2,1-2H3. The Kier molecular flexibility index (Phi) is 9.53. The van der Waals surface area contributed by atoms with Gasteiger partial charge in [0, 0.05) is 54.8 Å². The fraction of sp³-hybridized carbons (Fsp3) is 0.486. The highest BCUT2D eigenvalue weighted by Gasteiger charge is 2.45. The van der Waals surface area contributed by atoms with Crippen LogP contribution in [0.25, 0.3) is 10.8 Å². The molecule has 3 aliphatic rings. The molecule has 2 aliphatic heterocycles. The van der Waals surface area contributed by atoms with Crippen LogP contribution in [0.4, 0.5) is 20.3 Å². The molecule has 1 unspecified atom stereocenters. The number of piperazine rings is 1. The van der Waals surface area contributed by atoms with Crippen molar-refractivity contribution in [1.29, 1.82) is 5.26 Å². The highest BCUT2D eigenvalue weighted by Crippen LogP contribution is 2.46. The summed E-state index contributed by atoms with van der Waals surface area (Å²) in [7, 11) is 0. The van der Waals surface area contributed by atoms with Gasteiger partial charge in [-0.15, -0.1) is 0 Å². The quantitative estimate of drug-likeness (QED) is 0.235. The first-order valence-electron chi connectivity index (χ1n) is 16.3. The van der Waals surface area contributed by atoms with Crippen molar-refractivity contribution in [2.75, 3.05) is 62.2 Å². The zero-order valence-corrected chi connectivity index (χ0v) is 27.7. The Morgan fingerprint density at radius 3 is 2.66 bits per heavy atom. The number of ether oxygens (including phenoxy) is 1. The van der Waals surface area contributed by atoms with Crippen molar-refractivity contribution in [3.8, 4) is 12.1 Å². The van der Waals surface area contributed by atoms with Crippen LogP contribution in [-0.4, -0.2) is 84.1 Å². The smallest absolute Gasteiger partial charge is 0.318 e. The molecule has 0 N–H and O–H groups in total. The fourth-order valence-electron chi connectivity index (χ4n) is 6.89. The zero-order valence-electron chi connectivity index (χ0n) is 26.9. The SMILES string of the molecule is C=C(F)C(=O)N1CCN(c2nc(OCC3(CN(CC)CC)CC3)nc3c2CCN(c2cccc4ccc(F)c(Cl)c24)C3)CC1CC#N. The van der Waals surface area contributed by atoms with Crippen LogP contribution in [0, 0.1) is 22.6 Å². The molecule has 47 heavy (non-hydrogen) atoms. The number of nitrogens with zero attached hydrogens (tertiary/aromatic N) is 7. The monoisotopic (exact) mass is 663 g/mol. The number of hydrogen-bond acceptors (Lipinski definition) is 8. The maximum absolute atomic E-state index is 14.6. The van der Waals surface area contributed by atoms with Crippen molar-refractivity contribution in [2.45, 2.75) is 52.1 Å². The summed E-state index contributed by atoms with van der Waals surface area (Å²) in [5.74, 6) is -1.59. The third-order valence-electron chi connectivity index (χ3n) is 9.80. The lowest BCUT2D eigenvalue weighted by atomic mass is 10.0. The first kappa shape index (κ1) is 32.9. The van der Waals surface area contributed by atoms with Gasteiger partial charge in [0.05, 0.1) is 42.4 Å². The molecule has 12 heteroatoms. The van der Waals surface area contributed by atoms with E-state index in [0.717, 1.165) is 54.8 Å². The number of anilines is 2. The van der Waals surface area contributed by atoms with Gasteiger partial charge in [-0.05, 0) is 49.9 Å². The average molecular weight is 664 g/mol. The molecule has 1 amide bonds. The minimum atomic E-state index is -1.04. The largest absolute Gasteiger partial charge is 0.463 e. The molecule has 3 aromatic rings. The number of nitriles is 1. The third kappa shape index (κ3) is 6.72. The number of amides is 1. The molecule has 1 aliphatic carbocycles. The summed E-state index contributed by atoms with van der Waals surface area (Å²) in [5.41, 5.74) is 2.65. The first-order valence-corrected chi connectivity index (χ1v) is 16.7. The van der Waals surface area contributed by atoms with Crippen molar-refractivity contribution in [2.24, 2.45) is 5.41 Å². The van der Waals surface area contributed by atoms with Crippen molar-refractivity contribution in [3.63, 3.8) is 0 Å². The summed E-state index contributed by atoms with van der Waals surface area (Å²) in [4.78, 5) is 30.5. The number of benzene rings is 2. The number of carbonyl (C=O) groups excluding carboxylic acids is 1. The second kappa shape index (κ2) is 13.6. The van der Waals surface area contributed by atoms with E-state index in [1.807, 2.05) is 18.2 Å². The van der Waals surface area contributed by atoms with E-state index in [9.17, 15) is 18.8 Å². The van der Waals surface area contributed by atoms with Crippen molar-refractivity contribution < 1.29 is 18.3 Å². The van der Waals surface area contributed by atoms with E-state index in [1.165, 1.54) is 11.0 Å². The molecule has 1 atom stereocenters. The molecule has 0 bridgehead atoms. The molecule has 2 aromatic carbocycles. The van der Waals surface area contributed by atoms with Gasteiger partial charge in [-0.2, -0.15) is 15.2 Å². The van der Waals surface area contributed by atoms with E-state index >= 15 is 0 Å². The van der Waals surface area contributed by atoms with Crippen LogP contribution in [0.3, 0.4) is 0 Å². The Labute approximate surface area is 279 Å². The van der Waals surface area contributed by atoms with Gasteiger partial charge in [-0.3, -0.25) is 4.79 Å². The molecular weight excluding hydrogens is 624 g/mol. The normalized spacial score (nSPS) is 18.7. The summed E-state index contributed by atoms with van der Waals surface area (Å²) in [6.45, 7) is 12.9. The maximum Gasteiger partial charge on any atom is 0.318 e. The van der Waals surface area contributed by atoms with Crippen LogP contribution in [-0.2, 0) is 17.8 Å². The second-order valence-electron chi connectivity index (χ2n) is 12.8.